The van der Waals surface area contributed by atoms with Gasteiger partial charge in [-0.05, 0) is 45.6 Å². The SMILES string of the molecule is CC(=O)OC(C)/C=C\C(=O)N[C@@H]1C[C@H](C)[C@H](C/C=C(C)/C=C/[C@H]2O[C@H](CC(=O)NCCOCCOCCC(=O)ON3C(=O)CCC3=O)C[C@@]3(CO3)[C@@H]2O)O[C@@H]1C. The summed E-state index contributed by atoms with van der Waals surface area (Å²) in [6, 6.07) is -0.160. The zero-order valence-electron chi connectivity index (χ0n) is 32.9. The fraction of sp³-hybridized carbons (Fsp3) is 0.692. The number of hydrogen-bond donors (Lipinski definition) is 3. The minimum atomic E-state index is -0.875. The Hall–Kier alpha value is -4.00. The van der Waals surface area contributed by atoms with Gasteiger partial charge in [0.05, 0.1) is 70.2 Å². The molecule has 0 radical (unpaired) electrons. The van der Waals surface area contributed by atoms with Gasteiger partial charge in [-0.3, -0.25) is 24.0 Å². The van der Waals surface area contributed by atoms with Crippen molar-refractivity contribution < 1.29 is 67.1 Å². The van der Waals surface area contributed by atoms with Gasteiger partial charge in [-0.15, -0.1) is 5.06 Å². The van der Waals surface area contributed by atoms with E-state index >= 15 is 0 Å². The van der Waals surface area contributed by atoms with Gasteiger partial charge in [-0.25, -0.2) is 4.79 Å². The molecule has 4 rings (SSSR count). The van der Waals surface area contributed by atoms with E-state index < -0.39 is 53.8 Å². The van der Waals surface area contributed by atoms with Crippen molar-refractivity contribution in [1.82, 2.24) is 15.7 Å². The number of nitrogens with one attached hydrogen (secondary N) is 2. The van der Waals surface area contributed by atoms with Crippen molar-refractivity contribution in [2.45, 2.75) is 128 Å². The summed E-state index contributed by atoms with van der Waals surface area (Å²) >= 11 is 0. The highest BCUT2D eigenvalue weighted by Gasteiger charge is 2.58. The number of rotatable bonds is 20. The summed E-state index contributed by atoms with van der Waals surface area (Å²) in [5.41, 5.74) is 0.223. The van der Waals surface area contributed by atoms with Crippen LogP contribution in [0.25, 0.3) is 0 Å². The van der Waals surface area contributed by atoms with E-state index in [1.807, 2.05) is 19.9 Å². The topological polar surface area (TPSA) is 218 Å². The lowest BCUT2D eigenvalue weighted by molar-refractivity contribution is -0.198. The predicted octanol–water partition coefficient (Wildman–Crippen LogP) is 1.51. The normalized spacial score (nSPS) is 29.9. The molecule has 4 aliphatic rings. The van der Waals surface area contributed by atoms with Crippen molar-refractivity contribution >= 4 is 35.6 Å². The summed E-state index contributed by atoms with van der Waals surface area (Å²) in [6.07, 6.45) is 7.73. The van der Waals surface area contributed by atoms with Gasteiger partial charge >= 0.3 is 11.9 Å². The number of epoxide rings is 1. The standard InChI is InChI=1S/C39H57N3O14/c1-24(6-9-31-25(2)20-30(27(4)54-31)41-33(44)11-8-26(3)53-28(5)43)7-10-32-38(49)39(23-52-39)22-29(55-32)21-34(45)40-15-17-51-19-18-50-16-14-37(48)56-42-35(46)12-13-36(42)47/h6-8,10-11,25-27,29-32,38,49H,9,12-23H2,1-5H3,(H,40,45)(H,41,44)/b10-7+,11-8-,24-6+/t25-,26?,27+,29+,30+,31-,32+,38+,39+/m0/s1. The monoisotopic (exact) mass is 791 g/mol. The summed E-state index contributed by atoms with van der Waals surface area (Å²) in [7, 11) is 0. The van der Waals surface area contributed by atoms with E-state index in [2.05, 4.69) is 23.6 Å². The minimum absolute atomic E-state index is 0.0278. The van der Waals surface area contributed by atoms with E-state index in [-0.39, 0.29) is 94.6 Å². The zero-order valence-corrected chi connectivity index (χ0v) is 32.9. The molecule has 4 heterocycles. The highest BCUT2D eigenvalue weighted by Crippen LogP contribution is 2.43. The van der Waals surface area contributed by atoms with Crippen LogP contribution in [0.1, 0.15) is 79.6 Å². The lowest BCUT2D eigenvalue weighted by Gasteiger charge is -2.39. The summed E-state index contributed by atoms with van der Waals surface area (Å²) in [6.45, 7) is 10.3. The smallest absolute Gasteiger partial charge is 0.335 e. The number of aliphatic hydroxyl groups is 1. The summed E-state index contributed by atoms with van der Waals surface area (Å²) < 4.78 is 33.9. The summed E-state index contributed by atoms with van der Waals surface area (Å²) in [5.74, 6) is -2.56. The fourth-order valence-corrected chi connectivity index (χ4v) is 6.71. The predicted molar refractivity (Wildman–Crippen MR) is 197 cm³/mol. The highest BCUT2D eigenvalue weighted by atomic mass is 16.7. The van der Waals surface area contributed by atoms with Crippen LogP contribution in [-0.2, 0) is 62.0 Å². The number of imide groups is 1. The number of amides is 4. The van der Waals surface area contributed by atoms with Gasteiger partial charge in [0.25, 0.3) is 11.8 Å². The summed E-state index contributed by atoms with van der Waals surface area (Å²) in [4.78, 5) is 75.8. The molecule has 0 aliphatic carbocycles. The Kier molecular flexibility index (Phi) is 17.2. The molecule has 4 aliphatic heterocycles. The number of carbonyl (C=O) groups excluding carboxylic acids is 6. The van der Waals surface area contributed by atoms with Crippen molar-refractivity contribution in [2.24, 2.45) is 5.92 Å². The third-order valence-electron chi connectivity index (χ3n) is 9.93. The van der Waals surface area contributed by atoms with E-state index in [4.69, 9.17) is 33.3 Å². The third kappa shape index (κ3) is 14.2. The minimum Gasteiger partial charge on any atom is -0.459 e. The maximum Gasteiger partial charge on any atom is 0.335 e. The molecule has 0 aromatic heterocycles. The van der Waals surface area contributed by atoms with Gasteiger partial charge in [0.15, 0.2) is 0 Å². The van der Waals surface area contributed by atoms with Crippen LogP contribution in [0.4, 0.5) is 0 Å². The maximum atomic E-state index is 12.7. The molecule has 56 heavy (non-hydrogen) atoms. The number of nitrogens with zero attached hydrogens (tertiary/aromatic N) is 1. The molecule has 312 valence electrons. The molecule has 17 heteroatoms. The van der Waals surface area contributed by atoms with Crippen LogP contribution in [0.2, 0.25) is 0 Å². The second kappa shape index (κ2) is 21.5. The third-order valence-corrected chi connectivity index (χ3v) is 9.93. The molecular formula is C39H57N3O14. The second-order valence-electron chi connectivity index (χ2n) is 14.7. The molecule has 3 N–H and O–H groups in total. The first-order valence-electron chi connectivity index (χ1n) is 19.3. The maximum absolute atomic E-state index is 12.7. The number of ether oxygens (including phenoxy) is 6. The van der Waals surface area contributed by atoms with Crippen LogP contribution < -0.4 is 10.6 Å². The number of hydroxylamine groups is 2. The lowest BCUT2D eigenvalue weighted by atomic mass is 9.87. The quantitative estimate of drug-likeness (QED) is 0.0398. The van der Waals surface area contributed by atoms with Crippen molar-refractivity contribution in [3.63, 3.8) is 0 Å². The van der Waals surface area contributed by atoms with Crippen LogP contribution >= 0.6 is 0 Å². The first-order valence-corrected chi connectivity index (χ1v) is 19.3. The molecule has 0 aromatic carbocycles. The molecule has 1 spiro atoms. The average Bonchev–Trinajstić information content (AvgIpc) is 3.84. The van der Waals surface area contributed by atoms with Crippen molar-refractivity contribution in [2.75, 3.05) is 39.6 Å². The molecule has 4 fully saturated rings. The van der Waals surface area contributed by atoms with E-state index in [0.717, 1.165) is 12.0 Å². The fourth-order valence-electron chi connectivity index (χ4n) is 6.71. The Balaban J connectivity index is 1.11. The number of esters is 1. The molecule has 0 aromatic rings. The Labute approximate surface area is 327 Å². The van der Waals surface area contributed by atoms with Crippen LogP contribution in [0.5, 0.6) is 0 Å². The van der Waals surface area contributed by atoms with Gasteiger partial charge in [0.2, 0.25) is 11.8 Å². The van der Waals surface area contributed by atoms with E-state index in [0.29, 0.717) is 24.5 Å². The van der Waals surface area contributed by atoms with Crippen molar-refractivity contribution in [1.29, 1.82) is 0 Å². The van der Waals surface area contributed by atoms with Gasteiger partial charge in [0, 0.05) is 38.8 Å². The molecule has 1 unspecified atom stereocenters. The Morgan fingerprint density at radius 1 is 1.02 bits per heavy atom. The molecular weight excluding hydrogens is 734 g/mol. The first kappa shape index (κ1) is 44.7. The van der Waals surface area contributed by atoms with Crippen LogP contribution in [0, 0.1) is 5.92 Å². The van der Waals surface area contributed by atoms with Crippen LogP contribution in [-0.4, -0.2) is 134 Å². The van der Waals surface area contributed by atoms with Gasteiger partial charge in [0.1, 0.15) is 23.9 Å². The second-order valence-corrected chi connectivity index (χ2v) is 14.7. The number of allylic oxidation sites excluding steroid dienone is 2. The molecule has 17 nitrogen and oxygen atoms in total. The van der Waals surface area contributed by atoms with Gasteiger partial charge in [-0.2, -0.15) is 0 Å². The van der Waals surface area contributed by atoms with Crippen LogP contribution in [0.15, 0.2) is 36.0 Å². The lowest BCUT2D eigenvalue weighted by Crippen LogP contribution is -2.51. The number of carbonyl (C=O) groups is 6. The molecule has 4 saturated heterocycles. The highest BCUT2D eigenvalue weighted by molar-refractivity contribution is 6.01. The largest absolute Gasteiger partial charge is 0.459 e. The molecule has 0 bridgehead atoms. The van der Waals surface area contributed by atoms with Crippen molar-refractivity contribution in [3.8, 4) is 0 Å². The number of hydrogen-bond acceptors (Lipinski definition) is 14. The zero-order chi connectivity index (χ0) is 40.8. The van der Waals surface area contributed by atoms with E-state index in [9.17, 15) is 33.9 Å². The number of aliphatic hydroxyl groups excluding tert-OH is 1. The van der Waals surface area contributed by atoms with Crippen LogP contribution in [0.3, 0.4) is 0 Å². The van der Waals surface area contributed by atoms with E-state index in [1.54, 1.807) is 13.0 Å². The van der Waals surface area contributed by atoms with Gasteiger partial charge < -0.3 is 49.0 Å². The Morgan fingerprint density at radius 3 is 2.39 bits per heavy atom. The Bertz CT molecular complexity index is 1480. The molecule has 9 atom stereocenters. The summed E-state index contributed by atoms with van der Waals surface area (Å²) in [5, 5.41) is 17.3. The van der Waals surface area contributed by atoms with Gasteiger partial charge in [-0.1, -0.05) is 30.7 Å². The molecule has 4 amide bonds. The van der Waals surface area contributed by atoms with Crippen molar-refractivity contribution in [3.05, 3.63) is 36.0 Å². The molecule has 0 saturated carbocycles. The Morgan fingerprint density at radius 2 is 1.71 bits per heavy atom. The average molecular weight is 792 g/mol. The first-order chi connectivity index (χ1) is 26.7. The van der Waals surface area contributed by atoms with E-state index in [1.165, 1.54) is 19.1 Å².